The van der Waals surface area contributed by atoms with Gasteiger partial charge < -0.3 is 9.64 Å². The molecule has 1 N–H and O–H groups in total. The lowest BCUT2D eigenvalue weighted by Crippen LogP contribution is -2.25. The van der Waals surface area contributed by atoms with Crippen molar-refractivity contribution in [1.82, 2.24) is 0 Å². The molecule has 0 radical (unpaired) electrons. The summed E-state index contributed by atoms with van der Waals surface area (Å²) in [6.07, 6.45) is -4.34. The Morgan fingerprint density at radius 2 is 1.93 bits per heavy atom. The molecule has 3 rings (SSSR count). The van der Waals surface area contributed by atoms with Gasteiger partial charge in [-0.3, -0.25) is 9.52 Å². The Kier molecular flexibility index (Phi) is 4.77. The molecule has 1 amide bonds. The fraction of sp³-hybridized carbons (Fsp3) is 0.235. The highest BCUT2D eigenvalue weighted by molar-refractivity contribution is 7.92. The number of carbonyl (C=O) groups excluding carboxylic acids is 1. The Bertz CT molecular complexity index is 990. The smallest absolute Gasteiger partial charge is 0.406 e. The highest BCUT2D eigenvalue weighted by atomic mass is 32.2. The first-order valence-corrected chi connectivity index (χ1v) is 9.33. The van der Waals surface area contributed by atoms with Gasteiger partial charge in [0.15, 0.2) is 0 Å². The van der Waals surface area contributed by atoms with Crippen LogP contribution in [-0.4, -0.2) is 27.2 Å². The van der Waals surface area contributed by atoms with Crippen molar-refractivity contribution >= 4 is 27.3 Å². The number of benzene rings is 2. The van der Waals surface area contributed by atoms with Crippen molar-refractivity contribution in [2.45, 2.75) is 24.6 Å². The molecule has 1 heterocycles. The predicted octanol–water partition coefficient (Wildman–Crippen LogP) is 3.30. The average molecular weight is 400 g/mol. The quantitative estimate of drug-likeness (QED) is 0.855. The molecule has 144 valence electrons. The summed E-state index contributed by atoms with van der Waals surface area (Å²) in [7, 11) is -4.12. The molecule has 0 spiro atoms. The summed E-state index contributed by atoms with van der Waals surface area (Å²) in [6, 6.07) is 8.85. The van der Waals surface area contributed by atoms with Gasteiger partial charge in [0.1, 0.15) is 5.75 Å². The summed E-state index contributed by atoms with van der Waals surface area (Å²) in [6.45, 7) is 1.96. The number of rotatable bonds is 4. The molecule has 27 heavy (non-hydrogen) atoms. The van der Waals surface area contributed by atoms with E-state index in [0.717, 1.165) is 29.8 Å². The normalized spacial score (nSPS) is 14.0. The van der Waals surface area contributed by atoms with Gasteiger partial charge in [-0.2, -0.15) is 0 Å². The molecular weight excluding hydrogens is 385 g/mol. The number of carbonyl (C=O) groups is 1. The van der Waals surface area contributed by atoms with Gasteiger partial charge in [-0.1, -0.05) is 6.07 Å². The number of sulfonamides is 1. The van der Waals surface area contributed by atoms with Gasteiger partial charge in [-0.15, -0.1) is 13.2 Å². The van der Waals surface area contributed by atoms with E-state index < -0.39 is 22.1 Å². The summed E-state index contributed by atoms with van der Waals surface area (Å²) in [5, 5.41) is 0. The van der Waals surface area contributed by atoms with E-state index in [0.29, 0.717) is 18.7 Å². The van der Waals surface area contributed by atoms with Crippen molar-refractivity contribution in [2.75, 3.05) is 16.2 Å². The van der Waals surface area contributed by atoms with Crippen LogP contribution in [-0.2, 0) is 21.2 Å². The molecule has 0 saturated carbocycles. The van der Waals surface area contributed by atoms with Crippen molar-refractivity contribution in [3.63, 3.8) is 0 Å². The third-order valence-corrected chi connectivity index (χ3v) is 5.34. The molecule has 1 aliphatic rings. The van der Waals surface area contributed by atoms with Crippen LogP contribution in [0.5, 0.6) is 5.75 Å². The fourth-order valence-electron chi connectivity index (χ4n) is 2.84. The van der Waals surface area contributed by atoms with Crippen LogP contribution in [0, 0.1) is 0 Å². The van der Waals surface area contributed by atoms with Crippen molar-refractivity contribution in [3.8, 4) is 5.75 Å². The number of nitrogens with one attached hydrogen (secondary N) is 1. The summed E-state index contributed by atoms with van der Waals surface area (Å²) < 4.78 is 68.0. The Balaban J connectivity index is 1.84. The van der Waals surface area contributed by atoms with Crippen molar-refractivity contribution in [1.29, 1.82) is 0 Å². The second-order valence-electron chi connectivity index (χ2n) is 5.89. The molecular formula is C17H15F3N2O4S. The largest absolute Gasteiger partial charge is 0.573 e. The van der Waals surface area contributed by atoms with E-state index in [1.54, 1.807) is 17.0 Å². The summed E-state index contributed by atoms with van der Waals surface area (Å²) in [4.78, 5) is 12.8. The Hall–Kier alpha value is -2.75. The lowest BCUT2D eigenvalue weighted by molar-refractivity contribution is -0.274. The number of fused-ring (bicyclic) bond motifs is 1. The van der Waals surface area contributed by atoms with Gasteiger partial charge in [0.2, 0.25) is 5.91 Å². The maximum Gasteiger partial charge on any atom is 0.573 e. The van der Waals surface area contributed by atoms with Crippen LogP contribution < -0.4 is 14.4 Å². The minimum atomic E-state index is -4.92. The molecule has 10 heteroatoms. The molecule has 2 aromatic rings. The number of amides is 1. The van der Waals surface area contributed by atoms with Crippen LogP contribution in [0.3, 0.4) is 0 Å². The van der Waals surface area contributed by atoms with E-state index in [-0.39, 0.29) is 16.5 Å². The van der Waals surface area contributed by atoms with Crippen molar-refractivity contribution < 1.29 is 31.1 Å². The fourth-order valence-corrected chi connectivity index (χ4v) is 3.93. The first-order chi connectivity index (χ1) is 12.5. The standard InChI is InChI=1S/C17H15F3N2O4S/c1-11(23)22-8-7-12-9-13(5-6-16(12)22)21-27(24,25)15-4-2-3-14(10-15)26-17(18,19)20/h2-6,9-10,21H,7-8H2,1H3. The number of halogens is 3. The zero-order valence-corrected chi connectivity index (χ0v) is 14.9. The Morgan fingerprint density at radius 3 is 2.59 bits per heavy atom. The maximum atomic E-state index is 12.5. The number of hydrogen-bond donors (Lipinski definition) is 1. The van der Waals surface area contributed by atoms with Gasteiger partial charge in [0, 0.05) is 30.9 Å². The molecule has 0 unspecified atom stereocenters. The second-order valence-corrected chi connectivity index (χ2v) is 7.57. The molecule has 0 saturated heterocycles. The van der Waals surface area contributed by atoms with Gasteiger partial charge >= 0.3 is 6.36 Å². The summed E-state index contributed by atoms with van der Waals surface area (Å²) in [5.74, 6) is -0.736. The van der Waals surface area contributed by atoms with Crippen LogP contribution >= 0.6 is 0 Å². The maximum absolute atomic E-state index is 12.5. The minimum Gasteiger partial charge on any atom is -0.406 e. The van der Waals surface area contributed by atoms with E-state index in [4.69, 9.17) is 0 Å². The SMILES string of the molecule is CC(=O)N1CCc2cc(NS(=O)(=O)c3cccc(OC(F)(F)F)c3)ccc21. The number of hydrogen-bond acceptors (Lipinski definition) is 4. The summed E-state index contributed by atoms with van der Waals surface area (Å²) in [5.41, 5.74) is 1.77. The molecule has 6 nitrogen and oxygen atoms in total. The van der Waals surface area contributed by atoms with E-state index in [9.17, 15) is 26.4 Å². The molecule has 2 aromatic carbocycles. The lowest BCUT2D eigenvalue weighted by Gasteiger charge is -2.15. The van der Waals surface area contributed by atoms with E-state index in [2.05, 4.69) is 9.46 Å². The molecule has 0 atom stereocenters. The topological polar surface area (TPSA) is 75.7 Å². The Morgan fingerprint density at radius 1 is 1.19 bits per heavy atom. The van der Waals surface area contributed by atoms with Crippen LogP contribution in [0.4, 0.5) is 24.5 Å². The number of anilines is 2. The van der Waals surface area contributed by atoms with Gasteiger partial charge in [0.25, 0.3) is 10.0 Å². The van der Waals surface area contributed by atoms with E-state index in [1.165, 1.54) is 13.0 Å². The van der Waals surface area contributed by atoms with Crippen LogP contribution in [0.1, 0.15) is 12.5 Å². The molecule has 0 fully saturated rings. The zero-order chi connectivity index (χ0) is 19.8. The van der Waals surface area contributed by atoms with Gasteiger partial charge in [-0.25, -0.2) is 8.42 Å². The molecule has 1 aliphatic heterocycles. The van der Waals surface area contributed by atoms with E-state index in [1.807, 2.05) is 0 Å². The van der Waals surface area contributed by atoms with Gasteiger partial charge in [-0.05, 0) is 42.3 Å². The number of nitrogens with zero attached hydrogens (tertiary/aromatic N) is 1. The first kappa shape index (κ1) is 19.0. The van der Waals surface area contributed by atoms with E-state index >= 15 is 0 Å². The highest BCUT2D eigenvalue weighted by Crippen LogP contribution is 2.32. The van der Waals surface area contributed by atoms with Crippen LogP contribution in [0.25, 0.3) is 0 Å². The number of alkyl halides is 3. The van der Waals surface area contributed by atoms with Gasteiger partial charge in [0.05, 0.1) is 4.90 Å². The average Bonchev–Trinajstić information content (AvgIpc) is 2.96. The lowest BCUT2D eigenvalue weighted by atomic mass is 10.1. The third kappa shape index (κ3) is 4.33. The zero-order valence-electron chi connectivity index (χ0n) is 14.1. The highest BCUT2D eigenvalue weighted by Gasteiger charge is 2.31. The predicted molar refractivity (Wildman–Crippen MR) is 92.1 cm³/mol. The van der Waals surface area contributed by atoms with Crippen molar-refractivity contribution in [2.24, 2.45) is 0 Å². The van der Waals surface area contributed by atoms with Crippen molar-refractivity contribution in [3.05, 3.63) is 48.0 Å². The molecule has 0 aliphatic carbocycles. The second kappa shape index (κ2) is 6.76. The minimum absolute atomic E-state index is 0.108. The third-order valence-electron chi connectivity index (χ3n) is 3.96. The summed E-state index contributed by atoms with van der Waals surface area (Å²) >= 11 is 0. The number of ether oxygens (including phenoxy) is 1. The Labute approximate surface area is 153 Å². The molecule has 0 bridgehead atoms. The monoisotopic (exact) mass is 400 g/mol. The first-order valence-electron chi connectivity index (χ1n) is 7.85. The van der Waals surface area contributed by atoms with Crippen LogP contribution in [0.2, 0.25) is 0 Å². The van der Waals surface area contributed by atoms with Crippen LogP contribution in [0.15, 0.2) is 47.4 Å². The molecule has 0 aromatic heterocycles.